The van der Waals surface area contributed by atoms with Crippen molar-refractivity contribution >= 4 is 131 Å². The molecule has 150 heavy (non-hydrogen) atoms. The van der Waals surface area contributed by atoms with Crippen molar-refractivity contribution in [1.82, 2.24) is 58.6 Å². The van der Waals surface area contributed by atoms with Gasteiger partial charge in [0.1, 0.15) is 33.5 Å². The number of hydrogen-bond acceptors (Lipinski definition) is 12. The molecule has 15 nitrogen and oxygen atoms in total. The van der Waals surface area contributed by atoms with E-state index in [1.807, 2.05) is 170 Å². The molecule has 0 aliphatic rings. The van der Waals surface area contributed by atoms with E-state index in [1.54, 1.807) is 0 Å². The van der Waals surface area contributed by atoms with E-state index in [2.05, 4.69) is 353 Å². The Bertz CT molecular complexity index is 10500. The molecule has 702 valence electrons. The number of benzene rings is 21. The van der Waals surface area contributed by atoms with E-state index < -0.39 is 0 Å². The van der Waals surface area contributed by atoms with Crippen LogP contribution < -0.4 is 0 Å². The lowest BCUT2D eigenvalue weighted by molar-refractivity contribution is 0.669. The second-order valence-corrected chi connectivity index (χ2v) is 37.4. The molecule has 0 radical (unpaired) electrons. The Labute approximate surface area is 859 Å². The van der Waals surface area contributed by atoms with Crippen molar-refractivity contribution in [2.75, 3.05) is 0 Å². The molecule has 0 saturated heterocycles. The van der Waals surface area contributed by atoms with E-state index in [9.17, 15) is 0 Å². The fourth-order valence-corrected chi connectivity index (χ4v) is 21.3. The fourth-order valence-electron chi connectivity index (χ4n) is 21.3. The molecule has 15 heteroatoms. The third kappa shape index (κ3) is 15.8. The summed E-state index contributed by atoms with van der Waals surface area (Å²) in [5.41, 5.74) is 30.0. The monoisotopic (exact) mass is 1920 g/mol. The third-order valence-electron chi connectivity index (χ3n) is 28.3. The first-order valence-corrected chi connectivity index (χ1v) is 50.1. The van der Waals surface area contributed by atoms with Gasteiger partial charge in [0.2, 0.25) is 0 Å². The molecule has 21 aromatic carbocycles. The molecule has 0 spiro atoms. The number of fused-ring (bicyclic) bond motifs is 18. The van der Waals surface area contributed by atoms with Gasteiger partial charge in [0, 0.05) is 143 Å². The van der Waals surface area contributed by atoms with Crippen LogP contribution in [-0.4, -0.2) is 58.6 Å². The molecular weight excluding hydrogens is 1840 g/mol. The second-order valence-electron chi connectivity index (χ2n) is 37.4. The van der Waals surface area contributed by atoms with E-state index in [0.29, 0.717) is 52.4 Å². The van der Waals surface area contributed by atoms with Crippen LogP contribution >= 0.6 is 0 Å². The van der Waals surface area contributed by atoms with Gasteiger partial charge in [0.25, 0.3) is 0 Å². The summed E-state index contributed by atoms with van der Waals surface area (Å²) >= 11 is 0. The molecule has 0 fully saturated rings. The van der Waals surface area contributed by atoms with Crippen molar-refractivity contribution in [1.29, 1.82) is 0 Å². The van der Waals surface area contributed by atoms with Crippen molar-refractivity contribution in [3.8, 4) is 153 Å². The summed E-state index contributed by atoms with van der Waals surface area (Å²) < 4.78 is 25.9. The summed E-state index contributed by atoms with van der Waals surface area (Å²) in [5.74, 6) is 5.56. The number of hydrogen-bond donors (Lipinski definition) is 0. The van der Waals surface area contributed by atoms with Crippen LogP contribution in [0, 0.1) is 0 Å². The maximum absolute atomic E-state index is 6.39. The highest BCUT2D eigenvalue weighted by atomic mass is 16.3. The average molecular weight is 1920 g/mol. The predicted octanol–water partition coefficient (Wildman–Crippen LogP) is 34.6. The zero-order chi connectivity index (χ0) is 99.1. The topological polar surface area (TPSA) is 170 Å². The Morgan fingerprint density at radius 2 is 0.367 bits per heavy atom. The first-order chi connectivity index (χ1) is 74.3. The maximum Gasteiger partial charge on any atom is 0.164 e. The van der Waals surface area contributed by atoms with Crippen molar-refractivity contribution in [2.45, 2.75) is 0 Å². The first-order valence-electron chi connectivity index (χ1n) is 50.1. The third-order valence-corrected chi connectivity index (χ3v) is 28.3. The molecule has 30 aromatic rings. The molecule has 0 aliphatic carbocycles. The van der Waals surface area contributed by atoms with Crippen LogP contribution in [0.4, 0.5) is 0 Å². The normalized spacial score (nSPS) is 11.6. The maximum atomic E-state index is 6.39. The van der Waals surface area contributed by atoms with Crippen molar-refractivity contribution in [2.24, 2.45) is 0 Å². The summed E-state index contributed by atoms with van der Waals surface area (Å²) in [4.78, 5) is 45.6. The van der Waals surface area contributed by atoms with Crippen LogP contribution in [-0.2, 0) is 0 Å². The minimum Gasteiger partial charge on any atom is -0.456 e. The molecule has 0 aliphatic heterocycles. The quantitative estimate of drug-likeness (QED) is 0.0953. The Hall–Kier alpha value is -20.6. The standard InChI is InChI=1S/3C45H28N4O/c1-3-13-29(14-4-1)43-46-44(31-16-11-15-30(27-31)34-21-12-22-38-37-20-8-10-24-41(37)50-42(34)38)48-45(47-43)32-25-26-36-35-19-7-9-23-39(35)49(40(36)28-32)33-17-5-2-6-18-33;1-3-13-29(14-4-1)43-46-44(31-16-11-15-30(27-31)34-21-12-22-37-36-20-8-10-24-41(36)50-42(34)37)48-45(47-43)32-25-26-40-38(28-32)35-19-7-9-23-39(35)49(40)33-17-5-2-6-18-33;1-3-12-29(13-4-1)43-46-44(48-45(47-43)33-23-25-42-38(27-33)37-19-8-10-21-41(37)50-42)32-15-11-14-30(26-32)31-22-24-36-35-18-7-9-20-39(35)49(40(36)28-31)34-16-5-2-6-17-34/h3*1-28H. The summed E-state index contributed by atoms with van der Waals surface area (Å²) in [6.07, 6.45) is 0. The van der Waals surface area contributed by atoms with Gasteiger partial charge in [-0.15, -0.1) is 0 Å². The second kappa shape index (κ2) is 37.0. The predicted molar refractivity (Wildman–Crippen MR) is 610 cm³/mol. The van der Waals surface area contributed by atoms with Gasteiger partial charge in [-0.2, -0.15) is 0 Å². The molecule has 0 unspecified atom stereocenters. The first kappa shape index (κ1) is 87.3. The molecule has 0 atom stereocenters. The van der Waals surface area contributed by atoms with Gasteiger partial charge >= 0.3 is 0 Å². The Morgan fingerprint density at radius 1 is 0.127 bits per heavy atom. The smallest absolute Gasteiger partial charge is 0.164 e. The Kier molecular flexibility index (Phi) is 21.5. The van der Waals surface area contributed by atoms with Crippen LogP contribution in [0.25, 0.3) is 284 Å². The van der Waals surface area contributed by atoms with Gasteiger partial charge in [-0.1, -0.05) is 370 Å². The highest BCUT2D eigenvalue weighted by Gasteiger charge is 2.25. The number of furan rings is 3. The zero-order valence-electron chi connectivity index (χ0n) is 80.6. The van der Waals surface area contributed by atoms with Gasteiger partial charge < -0.3 is 27.0 Å². The molecule has 0 saturated carbocycles. The molecule has 9 heterocycles. The van der Waals surface area contributed by atoms with Crippen LogP contribution in [0.2, 0.25) is 0 Å². The Morgan fingerprint density at radius 3 is 0.787 bits per heavy atom. The van der Waals surface area contributed by atoms with E-state index in [-0.39, 0.29) is 0 Å². The summed E-state index contributed by atoms with van der Waals surface area (Å²) in [7, 11) is 0. The van der Waals surface area contributed by atoms with Gasteiger partial charge in [0.15, 0.2) is 52.4 Å². The molecular formula is C135H84N12O3. The van der Waals surface area contributed by atoms with Crippen LogP contribution in [0.1, 0.15) is 0 Å². The number of rotatable bonds is 15. The summed E-state index contributed by atoms with van der Waals surface area (Å²) in [6, 6.07) is 176. The van der Waals surface area contributed by atoms with Crippen LogP contribution in [0.15, 0.2) is 523 Å². The zero-order valence-corrected chi connectivity index (χ0v) is 80.6. The van der Waals surface area contributed by atoms with Gasteiger partial charge in [0.05, 0.1) is 33.1 Å². The largest absolute Gasteiger partial charge is 0.456 e. The van der Waals surface area contributed by atoms with Crippen molar-refractivity contribution < 1.29 is 13.3 Å². The summed E-state index contributed by atoms with van der Waals surface area (Å²) in [6.45, 7) is 0. The SMILES string of the molecule is c1ccc(-c2nc(-c3cccc(-c4ccc5c6ccccc6n(-c6ccccc6)c5c4)c3)nc(-c3ccc4oc5ccccc5c4c3)n2)cc1.c1ccc(-c2nc(-c3cccc(-c4cccc5c4oc4ccccc45)c3)nc(-c3ccc4c(c3)c3ccccc3n4-c3ccccc3)n2)cc1.c1ccc(-c2nc(-c3cccc(-c4cccc5c4oc4ccccc45)c3)nc(-c3ccc4c5ccccc5n(-c5ccccc5)c4c3)n2)cc1. The van der Waals surface area contributed by atoms with Gasteiger partial charge in [-0.25, -0.2) is 44.9 Å². The lowest BCUT2D eigenvalue weighted by atomic mass is 10.00. The van der Waals surface area contributed by atoms with E-state index >= 15 is 0 Å². The Balaban J connectivity index is 0.000000108. The fraction of sp³-hybridized carbons (Fsp3) is 0. The van der Waals surface area contributed by atoms with Crippen LogP contribution in [0.5, 0.6) is 0 Å². The van der Waals surface area contributed by atoms with Crippen molar-refractivity contribution in [3.63, 3.8) is 0 Å². The van der Waals surface area contributed by atoms with Gasteiger partial charge in [-0.3, -0.25) is 0 Å². The van der Waals surface area contributed by atoms with E-state index in [4.69, 9.17) is 58.1 Å². The minimum atomic E-state index is 0.608. The molecule has 0 bridgehead atoms. The molecule has 0 amide bonds. The van der Waals surface area contributed by atoms with E-state index in [1.165, 1.54) is 32.4 Å². The number of aromatic nitrogens is 12. The number of para-hydroxylation sites is 11. The average Bonchev–Trinajstić information content (AvgIpc) is 1.59. The van der Waals surface area contributed by atoms with E-state index in [0.717, 1.165) is 199 Å². The highest BCUT2D eigenvalue weighted by Crippen LogP contribution is 2.45. The summed E-state index contributed by atoms with van der Waals surface area (Å²) in [5, 5.41) is 13.7. The lowest BCUT2D eigenvalue weighted by Gasteiger charge is -2.11. The van der Waals surface area contributed by atoms with Crippen LogP contribution in [0.3, 0.4) is 0 Å². The van der Waals surface area contributed by atoms with Crippen molar-refractivity contribution in [3.05, 3.63) is 510 Å². The van der Waals surface area contributed by atoms with Gasteiger partial charge in [-0.05, 0) is 162 Å². The molecule has 30 rings (SSSR count). The molecule has 9 aromatic heterocycles. The number of nitrogens with zero attached hydrogens (tertiary/aromatic N) is 12. The highest BCUT2D eigenvalue weighted by molar-refractivity contribution is 6.15. The minimum absolute atomic E-state index is 0.608. The lowest BCUT2D eigenvalue weighted by Crippen LogP contribution is -2.00. The molecule has 0 N–H and O–H groups in total.